The SMILES string of the molecule is O=C(c1ccc([N+](=O)[O-])cc1)c1c(O)n(C(=O)Oc2ccccc2)c2ccccc12. The van der Waals surface area contributed by atoms with Gasteiger partial charge in [0.2, 0.25) is 5.88 Å². The lowest BCUT2D eigenvalue weighted by atomic mass is 10.0. The third-order valence-electron chi connectivity index (χ3n) is 4.55. The largest absolute Gasteiger partial charge is 0.494 e. The predicted molar refractivity (Wildman–Crippen MR) is 108 cm³/mol. The number of fused-ring (bicyclic) bond motifs is 1. The summed E-state index contributed by atoms with van der Waals surface area (Å²) in [5.74, 6) is -0.867. The standard InChI is InChI=1S/C22H14N2O6/c25-20(14-10-12-15(13-11-14)24(28)29)19-17-8-4-5-9-18(17)23(21(19)26)22(27)30-16-6-2-1-3-7-16/h1-13,26H. The van der Waals surface area contributed by atoms with Crippen molar-refractivity contribution in [2.24, 2.45) is 0 Å². The highest BCUT2D eigenvalue weighted by Crippen LogP contribution is 2.33. The summed E-state index contributed by atoms with van der Waals surface area (Å²) in [4.78, 5) is 36.1. The van der Waals surface area contributed by atoms with Gasteiger partial charge in [-0.05, 0) is 30.3 Å². The Balaban J connectivity index is 1.79. The molecule has 8 nitrogen and oxygen atoms in total. The lowest BCUT2D eigenvalue weighted by Crippen LogP contribution is -2.16. The monoisotopic (exact) mass is 402 g/mol. The number of ketones is 1. The fourth-order valence-electron chi connectivity index (χ4n) is 3.15. The van der Waals surface area contributed by atoms with Crippen LogP contribution >= 0.6 is 0 Å². The van der Waals surface area contributed by atoms with Crippen LogP contribution in [-0.2, 0) is 0 Å². The average Bonchev–Trinajstić information content (AvgIpc) is 3.05. The second-order valence-electron chi connectivity index (χ2n) is 6.37. The predicted octanol–water partition coefficient (Wildman–Crippen LogP) is 4.53. The van der Waals surface area contributed by atoms with Crippen molar-refractivity contribution in [2.45, 2.75) is 0 Å². The van der Waals surface area contributed by atoms with Crippen LogP contribution in [0.25, 0.3) is 10.9 Å². The lowest BCUT2D eigenvalue weighted by molar-refractivity contribution is -0.384. The highest BCUT2D eigenvalue weighted by molar-refractivity contribution is 6.19. The van der Waals surface area contributed by atoms with Crippen LogP contribution in [0, 0.1) is 10.1 Å². The average molecular weight is 402 g/mol. The lowest BCUT2D eigenvalue weighted by Gasteiger charge is -2.07. The van der Waals surface area contributed by atoms with Crippen molar-refractivity contribution in [1.29, 1.82) is 0 Å². The number of para-hydroxylation sites is 2. The van der Waals surface area contributed by atoms with Gasteiger partial charge < -0.3 is 9.84 Å². The van der Waals surface area contributed by atoms with Crippen LogP contribution in [0.1, 0.15) is 15.9 Å². The summed E-state index contributed by atoms with van der Waals surface area (Å²) in [5, 5.41) is 22.0. The number of non-ortho nitro benzene ring substituents is 1. The van der Waals surface area contributed by atoms with Crippen molar-refractivity contribution in [3.8, 4) is 11.6 Å². The van der Waals surface area contributed by atoms with Crippen molar-refractivity contribution >= 4 is 28.5 Å². The van der Waals surface area contributed by atoms with E-state index in [-0.39, 0.29) is 22.6 Å². The fraction of sp³-hybridized carbons (Fsp3) is 0. The maximum Gasteiger partial charge on any atom is 0.426 e. The molecule has 0 atom stereocenters. The van der Waals surface area contributed by atoms with Gasteiger partial charge >= 0.3 is 6.09 Å². The molecule has 0 aliphatic carbocycles. The van der Waals surface area contributed by atoms with Crippen LogP contribution in [0.2, 0.25) is 0 Å². The van der Waals surface area contributed by atoms with Crippen LogP contribution < -0.4 is 4.74 Å². The maximum atomic E-state index is 13.1. The van der Waals surface area contributed by atoms with Gasteiger partial charge in [-0.1, -0.05) is 36.4 Å². The zero-order valence-corrected chi connectivity index (χ0v) is 15.4. The van der Waals surface area contributed by atoms with E-state index in [9.17, 15) is 24.8 Å². The number of ether oxygens (including phenoxy) is 1. The number of aromatic hydroxyl groups is 1. The Morgan fingerprint density at radius 3 is 2.20 bits per heavy atom. The number of carbonyl (C=O) groups excluding carboxylic acids is 2. The number of hydrogen-bond donors (Lipinski definition) is 1. The zero-order valence-electron chi connectivity index (χ0n) is 15.4. The van der Waals surface area contributed by atoms with Gasteiger partial charge in [0.1, 0.15) is 5.75 Å². The van der Waals surface area contributed by atoms with Crippen molar-refractivity contribution in [3.05, 3.63) is 100 Å². The Morgan fingerprint density at radius 1 is 0.900 bits per heavy atom. The topological polar surface area (TPSA) is 112 Å². The molecule has 0 bridgehead atoms. The van der Waals surface area contributed by atoms with E-state index in [0.717, 1.165) is 4.57 Å². The van der Waals surface area contributed by atoms with E-state index in [0.29, 0.717) is 10.9 Å². The first-order valence-corrected chi connectivity index (χ1v) is 8.86. The molecule has 0 saturated carbocycles. The quantitative estimate of drug-likeness (QED) is 0.305. The summed E-state index contributed by atoms with van der Waals surface area (Å²) in [6.07, 6.45) is -0.877. The smallest absolute Gasteiger partial charge is 0.426 e. The molecule has 0 radical (unpaired) electrons. The van der Waals surface area contributed by atoms with Gasteiger partial charge in [0, 0.05) is 23.1 Å². The second-order valence-corrected chi connectivity index (χ2v) is 6.37. The second kappa shape index (κ2) is 7.51. The summed E-state index contributed by atoms with van der Waals surface area (Å²) in [6, 6.07) is 19.8. The van der Waals surface area contributed by atoms with Gasteiger partial charge in [0.25, 0.3) is 5.69 Å². The van der Waals surface area contributed by atoms with Gasteiger partial charge in [-0.25, -0.2) is 9.36 Å². The Morgan fingerprint density at radius 2 is 1.53 bits per heavy atom. The molecule has 0 amide bonds. The molecule has 0 unspecified atom stereocenters. The van der Waals surface area contributed by atoms with E-state index < -0.39 is 22.7 Å². The number of nitro groups is 1. The summed E-state index contributed by atoms with van der Waals surface area (Å²) in [6.45, 7) is 0. The summed E-state index contributed by atoms with van der Waals surface area (Å²) < 4.78 is 6.23. The summed E-state index contributed by atoms with van der Waals surface area (Å²) >= 11 is 0. The minimum Gasteiger partial charge on any atom is -0.494 e. The number of rotatable bonds is 4. The summed E-state index contributed by atoms with van der Waals surface area (Å²) in [7, 11) is 0. The molecule has 8 heteroatoms. The molecular formula is C22H14N2O6. The van der Waals surface area contributed by atoms with Gasteiger partial charge in [-0.15, -0.1) is 0 Å². The first-order valence-electron chi connectivity index (χ1n) is 8.86. The van der Waals surface area contributed by atoms with Gasteiger partial charge in [0.05, 0.1) is 16.0 Å². The van der Waals surface area contributed by atoms with E-state index in [1.54, 1.807) is 54.6 Å². The number of nitrogens with zero attached hydrogens (tertiary/aromatic N) is 2. The van der Waals surface area contributed by atoms with E-state index in [4.69, 9.17) is 4.74 Å². The van der Waals surface area contributed by atoms with Crippen LogP contribution in [0.5, 0.6) is 11.6 Å². The number of benzene rings is 3. The third kappa shape index (κ3) is 3.26. The molecule has 0 aliphatic rings. The van der Waals surface area contributed by atoms with Crippen molar-refractivity contribution in [3.63, 3.8) is 0 Å². The van der Waals surface area contributed by atoms with Crippen molar-refractivity contribution < 1.29 is 24.4 Å². The molecule has 1 N–H and O–H groups in total. The molecule has 1 aromatic heterocycles. The van der Waals surface area contributed by atoms with Gasteiger partial charge in [-0.3, -0.25) is 14.9 Å². The van der Waals surface area contributed by atoms with Gasteiger partial charge in [-0.2, -0.15) is 0 Å². The summed E-state index contributed by atoms with van der Waals surface area (Å²) in [5.41, 5.74) is 0.172. The Hall–Kier alpha value is -4.46. The highest BCUT2D eigenvalue weighted by atomic mass is 16.6. The molecule has 148 valence electrons. The minimum atomic E-state index is -0.877. The Kier molecular flexibility index (Phi) is 4.73. The molecule has 4 aromatic rings. The normalized spacial score (nSPS) is 10.7. The third-order valence-corrected chi connectivity index (χ3v) is 4.55. The van der Waals surface area contributed by atoms with Crippen LogP contribution in [-0.4, -0.2) is 26.5 Å². The number of nitro benzene ring substituents is 1. The molecule has 0 saturated heterocycles. The van der Waals surface area contributed by atoms with Crippen molar-refractivity contribution in [1.82, 2.24) is 4.57 Å². The molecule has 4 rings (SSSR count). The zero-order chi connectivity index (χ0) is 21.3. The van der Waals surface area contributed by atoms with Crippen LogP contribution in [0.3, 0.4) is 0 Å². The number of aromatic nitrogens is 1. The fourth-order valence-corrected chi connectivity index (χ4v) is 3.15. The first kappa shape index (κ1) is 18.9. The number of carbonyl (C=O) groups is 2. The number of hydrogen-bond acceptors (Lipinski definition) is 6. The van der Waals surface area contributed by atoms with Crippen LogP contribution in [0.15, 0.2) is 78.9 Å². The Bertz CT molecular complexity index is 1280. The molecule has 30 heavy (non-hydrogen) atoms. The first-order chi connectivity index (χ1) is 14.5. The molecule has 3 aromatic carbocycles. The Labute approximate surface area is 169 Å². The maximum absolute atomic E-state index is 13.1. The molecule has 0 fully saturated rings. The van der Waals surface area contributed by atoms with E-state index in [1.165, 1.54) is 24.3 Å². The van der Waals surface area contributed by atoms with Crippen LogP contribution in [0.4, 0.5) is 10.5 Å². The molecule has 0 aliphatic heterocycles. The van der Waals surface area contributed by atoms with E-state index in [2.05, 4.69) is 0 Å². The van der Waals surface area contributed by atoms with Gasteiger partial charge in [0.15, 0.2) is 5.78 Å². The molecular weight excluding hydrogens is 388 g/mol. The minimum absolute atomic E-state index is 0.0931. The molecule has 0 spiro atoms. The van der Waals surface area contributed by atoms with E-state index >= 15 is 0 Å². The highest BCUT2D eigenvalue weighted by Gasteiger charge is 2.27. The van der Waals surface area contributed by atoms with E-state index in [1.807, 2.05) is 0 Å². The molecule has 1 heterocycles. The van der Waals surface area contributed by atoms with Crippen molar-refractivity contribution in [2.75, 3.05) is 0 Å².